The lowest BCUT2D eigenvalue weighted by molar-refractivity contribution is -0.133. The Labute approximate surface area is 103 Å². The number of ketones is 1. The van der Waals surface area contributed by atoms with E-state index in [2.05, 4.69) is 5.32 Å². The van der Waals surface area contributed by atoms with Crippen molar-refractivity contribution >= 4 is 11.7 Å². The number of rotatable bonds is 2. The highest BCUT2D eigenvalue weighted by atomic mass is 16.5. The summed E-state index contributed by atoms with van der Waals surface area (Å²) in [5, 5.41) is 2.51. The van der Waals surface area contributed by atoms with Crippen LogP contribution in [0.1, 0.15) is 34.1 Å². The molecular formula is C13H21NO3. The minimum atomic E-state index is -0.525. The van der Waals surface area contributed by atoms with Gasteiger partial charge in [-0.3, -0.25) is 9.59 Å². The molecule has 0 spiro atoms. The van der Waals surface area contributed by atoms with Gasteiger partial charge >= 0.3 is 0 Å². The van der Waals surface area contributed by atoms with Crippen LogP contribution in [-0.2, 0) is 14.3 Å². The van der Waals surface area contributed by atoms with Crippen molar-refractivity contribution < 1.29 is 14.3 Å². The monoisotopic (exact) mass is 239 g/mol. The van der Waals surface area contributed by atoms with Crippen LogP contribution in [0.4, 0.5) is 0 Å². The molecule has 96 valence electrons. The van der Waals surface area contributed by atoms with Gasteiger partial charge in [-0.05, 0) is 27.2 Å². The molecule has 0 aliphatic carbocycles. The first-order valence-electron chi connectivity index (χ1n) is 5.73. The molecule has 0 aromatic rings. The highest BCUT2D eigenvalue weighted by Crippen LogP contribution is 2.15. The molecule has 1 saturated heterocycles. The third-order valence-corrected chi connectivity index (χ3v) is 2.16. The second kappa shape index (κ2) is 7.79. The van der Waals surface area contributed by atoms with Crippen LogP contribution in [0, 0.1) is 0 Å². The molecule has 4 heteroatoms. The standard InChI is InChI=1S/C9H11NO2.C4H10O/c1-3-5-7-6(4-2)8(11)9(12)10-7;1-4(2)5-3/h4-5H,3H2,1-2H3,(H,10,12);4H,1-3H3/b6-4+,7-5+;. The van der Waals surface area contributed by atoms with Gasteiger partial charge in [0, 0.05) is 18.4 Å². The molecule has 1 amide bonds. The molecule has 0 atom stereocenters. The number of hydrogen-bond acceptors (Lipinski definition) is 3. The fraction of sp³-hybridized carbons (Fsp3) is 0.538. The molecule has 1 N–H and O–H groups in total. The molecule has 1 aliphatic heterocycles. The van der Waals surface area contributed by atoms with E-state index in [1.807, 2.05) is 26.8 Å². The van der Waals surface area contributed by atoms with Gasteiger partial charge in [-0.15, -0.1) is 0 Å². The van der Waals surface area contributed by atoms with Crippen molar-refractivity contribution in [2.75, 3.05) is 7.11 Å². The number of carbonyl (C=O) groups excluding carboxylic acids is 2. The van der Waals surface area contributed by atoms with Crippen LogP contribution in [0.5, 0.6) is 0 Å². The maximum Gasteiger partial charge on any atom is 0.296 e. The van der Waals surface area contributed by atoms with Crippen molar-refractivity contribution in [2.24, 2.45) is 0 Å². The van der Waals surface area contributed by atoms with Gasteiger partial charge in [0.15, 0.2) is 0 Å². The van der Waals surface area contributed by atoms with E-state index < -0.39 is 11.7 Å². The van der Waals surface area contributed by atoms with Crippen LogP contribution in [0.3, 0.4) is 0 Å². The van der Waals surface area contributed by atoms with Crippen molar-refractivity contribution in [2.45, 2.75) is 40.2 Å². The maximum absolute atomic E-state index is 11.1. The lowest BCUT2D eigenvalue weighted by Gasteiger charge is -1.94. The van der Waals surface area contributed by atoms with Crippen LogP contribution in [0.15, 0.2) is 23.4 Å². The molecule has 0 saturated carbocycles. The van der Waals surface area contributed by atoms with E-state index in [4.69, 9.17) is 4.74 Å². The van der Waals surface area contributed by atoms with Crippen LogP contribution in [0.25, 0.3) is 0 Å². The summed E-state index contributed by atoms with van der Waals surface area (Å²) < 4.78 is 4.75. The lowest BCUT2D eigenvalue weighted by atomic mass is 10.1. The summed E-state index contributed by atoms with van der Waals surface area (Å²) in [7, 11) is 1.70. The Balaban J connectivity index is 0.000000437. The van der Waals surface area contributed by atoms with Crippen molar-refractivity contribution in [3.63, 3.8) is 0 Å². The third kappa shape index (κ3) is 4.95. The van der Waals surface area contributed by atoms with E-state index in [1.54, 1.807) is 20.1 Å². The van der Waals surface area contributed by atoms with Crippen molar-refractivity contribution in [3.8, 4) is 0 Å². The molecule has 4 nitrogen and oxygen atoms in total. The summed E-state index contributed by atoms with van der Waals surface area (Å²) >= 11 is 0. The SMILES string of the molecule is C/C=C1/C(=O)C(=O)N/C1=C/CC.COC(C)C. The number of Topliss-reactive ketones (excluding diaryl/α,β-unsaturated/α-hetero) is 1. The number of ether oxygens (including phenoxy) is 1. The number of nitrogens with one attached hydrogen (secondary N) is 1. The fourth-order valence-electron chi connectivity index (χ4n) is 1.14. The quantitative estimate of drug-likeness (QED) is 0.592. The summed E-state index contributed by atoms with van der Waals surface area (Å²) in [6.07, 6.45) is 4.68. The molecule has 1 rings (SSSR count). The Morgan fingerprint density at radius 2 is 1.88 bits per heavy atom. The predicted molar refractivity (Wildman–Crippen MR) is 67.4 cm³/mol. The highest BCUT2D eigenvalue weighted by Gasteiger charge is 2.29. The number of allylic oxidation sites excluding steroid dienone is 3. The first-order chi connectivity index (χ1) is 7.97. The normalized spacial score (nSPS) is 19.6. The predicted octanol–water partition coefficient (Wildman–Crippen LogP) is 1.97. The van der Waals surface area contributed by atoms with Crippen LogP contribution < -0.4 is 5.32 Å². The largest absolute Gasteiger partial charge is 0.382 e. The zero-order chi connectivity index (χ0) is 13.4. The zero-order valence-electron chi connectivity index (χ0n) is 11.2. The van der Waals surface area contributed by atoms with Crippen LogP contribution in [-0.4, -0.2) is 24.9 Å². The smallest absolute Gasteiger partial charge is 0.296 e. The summed E-state index contributed by atoms with van der Waals surface area (Å²) in [5.41, 5.74) is 1.14. The third-order valence-electron chi connectivity index (χ3n) is 2.16. The van der Waals surface area contributed by atoms with Crippen LogP contribution in [0.2, 0.25) is 0 Å². The fourth-order valence-corrected chi connectivity index (χ4v) is 1.14. The topological polar surface area (TPSA) is 55.4 Å². The van der Waals surface area contributed by atoms with E-state index >= 15 is 0 Å². The Hall–Kier alpha value is -1.42. The van der Waals surface area contributed by atoms with E-state index in [1.165, 1.54) is 0 Å². The van der Waals surface area contributed by atoms with Gasteiger partial charge in [0.1, 0.15) is 0 Å². The summed E-state index contributed by atoms with van der Waals surface area (Å²) in [6.45, 7) is 7.70. The molecule has 0 aromatic heterocycles. The number of hydrogen-bond donors (Lipinski definition) is 1. The average molecular weight is 239 g/mol. The van der Waals surface area contributed by atoms with Gasteiger partial charge in [0.2, 0.25) is 0 Å². The molecule has 1 heterocycles. The van der Waals surface area contributed by atoms with E-state index in [0.717, 1.165) is 6.42 Å². The van der Waals surface area contributed by atoms with E-state index in [0.29, 0.717) is 17.4 Å². The van der Waals surface area contributed by atoms with Gasteiger partial charge in [-0.1, -0.05) is 19.1 Å². The minimum absolute atomic E-state index is 0.384. The Morgan fingerprint density at radius 1 is 1.35 bits per heavy atom. The molecule has 1 fully saturated rings. The van der Waals surface area contributed by atoms with Gasteiger partial charge < -0.3 is 10.1 Å². The molecule has 0 radical (unpaired) electrons. The molecule has 17 heavy (non-hydrogen) atoms. The summed E-state index contributed by atoms with van der Waals surface area (Å²) in [5.74, 6) is -0.958. The molecule has 1 aliphatic rings. The lowest BCUT2D eigenvalue weighted by Crippen LogP contribution is -2.17. The molecular weight excluding hydrogens is 218 g/mol. The number of amides is 1. The number of carbonyl (C=O) groups is 2. The molecule has 0 unspecified atom stereocenters. The van der Waals surface area contributed by atoms with E-state index in [-0.39, 0.29) is 0 Å². The highest BCUT2D eigenvalue weighted by molar-refractivity contribution is 6.47. The van der Waals surface area contributed by atoms with Crippen molar-refractivity contribution in [1.29, 1.82) is 0 Å². The average Bonchev–Trinajstić information content (AvgIpc) is 2.56. The Morgan fingerprint density at radius 3 is 2.24 bits per heavy atom. The van der Waals surface area contributed by atoms with Crippen molar-refractivity contribution in [1.82, 2.24) is 5.32 Å². The second-order valence-corrected chi connectivity index (χ2v) is 3.80. The second-order valence-electron chi connectivity index (χ2n) is 3.80. The van der Waals surface area contributed by atoms with Gasteiger partial charge in [-0.2, -0.15) is 0 Å². The van der Waals surface area contributed by atoms with Crippen LogP contribution >= 0.6 is 0 Å². The maximum atomic E-state index is 11.1. The number of methoxy groups -OCH3 is 1. The van der Waals surface area contributed by atoms with Crippen molar-refractivity contribution in [3.05, 3.63) is 23.4 Å². The minimum Gasteiger partial charge on any atom is -0.382 e. The first kappa shape index (κ1) is 15.6. The molecule has 0 aromatic carbocycles. The van der Waals surface area contributed by atoms with Gasteiger partial charge in [-0.25, -0.2) is 0 Å². The van der Waals surface area contributed by atoms with Gasteiger partial charge in [0.05, 0.1) is 6.10 Å². The van der Waals surface area contributed by atoms with Gasteiger partial charge in [0.25, 0.3) is 11.7 Å². The molecule has 0 bridgehead atoms. The Bertz CT molecular complexity index is 341. The first-order valence-corrected chi connectivity index (χ1v) is 5.73. The zero-order valence-corrected chi connectivity index (χ0v) is 11.2. The van der Waals surface area contributed by atoms with E-state index in [9.17, 15) is 9.59 Å². The summed E-state index contributed by atoms with van der Waals surface area (Å²) in [4.78, 5) is 22.0. The summed E-state index contributed by atoms with van der Waals surface area (Å²) in [6, 6.07) is 0. The Kier molecular flexibility index (Phi) is 7.14.